The lowest BCUT2D eigenvalue weighted by Crippen LogP contribution is -2.11. The number of carbonyl (C=O) groups is 1. The summed E-state index contributed by atoms with van der Waals surface area (Å²) in [5.41, 5.74) is 2.36. The second kappa shape index (κ2) is 8.56. The zero-order valence-corrected chi connectivity index (χ0v) is 18.4. The van der Waals surface area contributed by atoms with Gasteiger partial charge in [0.1, 0.15) is 10.0 Å². The fourth-order valence-electron chi connectivity index (χ4n) is 3.21. The third-order valence-electron chi connectivity index (χ3n) is 4.98. The van der Waals surface area contributed by atoms with Crippen LogP contribution in [0.25, 0.3) is 21.9 Å². The molecule has 10 heteroatoms. The number of nitro groups is 1. The van der Waals surface area contributed by atoms with Gasteiger partial charge in [-0.15, -0.1) is 21.5 Å². The van der Waals surface area contributed by atoms with Crippen molar-refractivity contribution < 1.29 is 9.72 Å². The Kier molecular flexibility index (Phi) is 5.46. The molecule has 1 amide bonds. The molecule has 1 aliphatic rings. The van der Waals surface area contributed by atoms with Gasteiger partial charge in [-0.05, 0) is 54.3 Å². The molecule has 32 heavy (non-hydrogen) atoms. The van der Waals surface area contributed by atoms with E-state index in [0.29, 0.717) is 11.0 Å². The molecule has 0 atom stereocenters. The van der Waals surface area contributed by atoms with E-state index in [-0.39, 0.29) is 18.0 Å². The maximum absolute atomic E-state index is 12.8. The molecule has 0 bridgehead atoms. The minimum absolute atomic E-state index is 0.0177. The third kappa shape index (κ3) is 4.56. The van der Waals surface area contributed by atoms with Gasteiger partial charge in [-0.2, -0.15) is 0 Å². The van der Waals surface area contributed by atoms with Gasteiger partial charge >= 0.3 is 0 Å². The number of nitrogens with zero attached hydrogens (tertiary/aromatic N) is 4. The van der Waals surface area contributed by atoms with Gasteiger partial charge in [0, 0.05) is 18.1 Å². The van der Waals surface area contributed by atoms with Crippen molar-refractivity contribution in [3.63, 3.8) is 0 Å². The highest BCUT2D eigenvalue weighted by molar-refractivity contribution is 7.19. The summed E-state index contributed by atoms with van der Waals surface area (Å²) in [6.45, 7) is 0. The highest BCUT2D eigenvalue weighted by Crippen LogP contribution is 2.42. The van der Waals surface area contributed by atoms with E-state index in [9.17, 15) is 14.9 Å². The van der Waals surface area contributed by atoms with E-state index in [2.05, 4.69) is 20.5 Å². The van der Waals surface area contributed by atoms with E-state index in [1.54, 1.807) is 12.1 Å². The fourth-order valence-corrected chi connectivity index (χ4v) is 5.12. The highest BCUT2D eigenvalue weighted by atomic mass is 32.1. The molecule has 1 aliphatic carbocycles. The molecule has 1 saturated carbocycles. The van der Waals surface area contributed by atoms with Gasteiger partial charge < -0.3 is 5.32 Å². The van der Waals surface area contributed by atoms with Crippen LogP contribution in [0.2, 0.25) is 0 Å². The topological polar surface area (TPSA) is 111 Å². The zero-order chi connectivity index (χ0) is 22.1. The Balaban J connectivity index is 1.42. The molecular formula is C22H17N5O3S2. The Morgan fingerprint density at radius 3 is 2.62 bits per heavy atom. The molecule has 1 N–H and O–H groups in total. The number of hydrogen-bond acceptors (Lipinski definition) is 8. The summed E-state index contributed by atoms with van der Waals surface area (Å²) in [7, 11) is 0. The first-order valence-corrected chi connectivity index (χ1v) is 11.6. The molecule has 4 aromatic rings. The van der Waals surface area contributed by atoms with Crippen molar-refractivity contribution >= 4 is 61.3 Å². The molecule has 2 aromatic carbocycles. The lowest BCUT2D eigenvalue weighted by Gasteiger charge is -2.05. The molecule has 0 radical (unpaired) electrons. The number of rotatable bonds is 7. The molecule has 0 spiro atoms. The second-order valence-corrected chi connectivity index (χ2v) is 9.49. The Hall–Kier alpha value is -3.50. The van der Waals surface area contributed by atoms with Crippen LogP contribution in [0.5, 0.6) is 0 Å². The molecule has 8 nitrogen and oxygen atoms in total. The third-order valence-corrected chi connectivity index (χ3v) is 7.09. The average Bonchev–Trinajstić information content (AvgIpc) is 3.37. The Bertz CT molecular complexity index is 1310. The molecular weight excluding hydrogens is 446 g/mol. The van der Waals surface area contributed by atoms with Crippen LogP contribution in [-0.4, -0.2) is 26.0 Å². The van der Waals surface area contributed by atoms with Crippen molar-refractivity contribution in [2.45, 2.75) is 25.2 Å². The summed E-state index contributed by atoms with van der Waals surface area (Å²) in [6, 6.07) is 14.0. The summed E-state index contributed by atoms with van der Waals surface area (Å²) in [6.07, 6.45) is 4.19. The van der Waals surface area contributed by atoms with Gasteiger partial charge in [-0.3, -0.25) is 14.9 Å². The molecule has 160 valence electrons. The molecule has 2 aromatic heterocycles. The lowest BCUT2D eigenvalue weighted by molar-refractivity contribution is -0.384. The monoisotopic (exact) mass is 463 g/mol. The van der Waals surface area contributed by atoms with Crippen LogP contribution in [0.3, 0.4) is 0 Å². The number of aromatic nitrogens is 3. The Morgan fingerprint density at radius 2 is 1.91 bits per heavy atom. The maximum atomic E-state index is 12.8. The van der Waals surface area contributed by atoms with E-state index in [0.717, 1.165) is 44.2 Å². The number of non-ortho nitro benzene ring substituents is 1. The standard InChI is InChI=1S/C22H17N5O3S2/c28-19(24-22-26-25-21(32-22)14-7-8-14)12-15(11-13-5-9-16(10-6-13)27(29)30)20-23-17-3-1-2-4-18(17)31-20/h1-6,9-11,14H,7-8,12H2,(H,24,26,28)/b15-11-. The first-order chi connectivity index (χ1) is 15.5. The largest absolute Gasteiger partial charge is 0.300 e. The number of benzene rings is 2. The number of fused-ring (bicyclic) bond motifs is 1. The van der Waals surface area contributed by atoms with Gasteiger partial charge in [0.15, 0.2) is 0 Å². The minimum atomic E-state index is -0.437. The van der Waals surface area contributed by atoms with Crippen molar-refractivity contribution in [3.8, 4) is 0 Å². The number of hydrogen-bond donors (Lipinski definition) is 1. The van der Waals surface area contributed by atoms with Crippen LogP contribution >= 0.6 is 22.7 Å². The summed E-state index contributed by atoms with van der Waals surface area (Å²) < 4.78 is 1.02. The van der Waals surface area contributed by atoms with Crippen LogP contribution in [-0.2, 0) is 4.79 Å². The predicted octanol–water partition coefficient (Wildman–Crippen LogP) is 5.50. The van der Waals surface area contributed by atoms with Crippen LogP contribution < -0.4 is 5.32 Å². The number of anilines is 1. The van der Waals surface area contributed by atoms with Gasteiger partial charge in [0.25, 0.3) is 5.69 Å². The number of para-hydroxylation sites is 1. The van der Waals surface area contributed by atoms with E-state index in [1.807, 2.05) is 30.3 Å². The number of amides is 1. The van der Waals surface area contributed by atoms with Crippen LogP contribution in [0, 0.1) is 10.1 Å². The van der Waals surface area contributed by atoms with Crippen LogP contribution in [0.1, 0.15) is 40.8 Å². The van der Waals surface area contributed by atoms with Crippen molar-refractivity contribution in [2.75, 3.05) is 5.32 Å². The molecule has 0 saturated heterocycles. The summed E-state index contributed by atoms with van der Waals surface area (Å²) in [5, 5.41) is 24.2. The second-order valence-electron chi connectivity index (χ2n) is 7.45. The Labute approximate surface area is 190 Å². The summed E-state index contributed by atoms with van der Waals surface area (Å²) >= 11 is 2.92. The van der Waals surface area contributed by atoms with Crippen LogP contribution in [0.15, 0.2) is 48.5 Å². The van der Waals surface area contributed by atoms with Crippen molar-refractivity contribution in [3.05, 3.63) is 74.2 Å². The van der Waals surface area contributed by atoms with Gasteiger partial charge in [-0.1, -0.05) is 23.5 Å². The SMILES string of the molecule is O=C(C/C(=C/c1ccc([N+](=O)[O-])cc1)c1nc2ccccc2s1)Nc1nnc(C2CC2)s1. The number of carbonyl (C=O) groups excluding carboxylic acids is 1. The quantitative estimate of drug-likeness (QED) is 0.286. The van der Waals surface area contributed by atoms with Gasteiger partial charge in [0.05, 0.1) is 21.6 Å². The predicted molar refractivity (Wildman–Crippen MR) is 126 cm³/mol. The highest BCUT2D eigenvalue weighted by Gasteiger charge is 2.27. The molecule has 1 fully saturated rings. The fraction of sp³-hybridized carbons (Fsp3) is 0.182. The summed E-state index contributed by atoms with van der Waals surface area (Å²) in [5.74, 6) is 0.273. The van der Waals surface area contributed by atoms with Crippen LogP contribution in [0.4, 0.5) is 10.8 Å². The average molecular weight is 464 g/mol. The van der Waals surface area contributed by atoms with E-state index >= 15 is 0 Å². The maximum Gasteiger partial charge on any atom is 0.269 e. The van der Waals surface area contributed by atoms with Crippen molar-refractivity contribution in [1.29, 1.82) is 0 Å². The number of thiazole rings is 1. The molecule has 0 aliphatic heterocycles. The zero-order valence-electron chi connectivity index (χ0n) is 16.7. The lowest BCUT2D eigenvalue weighted by atomic mass is 10.1. The number of nitro benzene ring substituents is 1. The van der Waals surface area contributed by atoms with Gasteiger partial charge in [0.2, 0.25) is 11.0 Å². The van der Waals surface area contributed by atoms with Gasteiger partial charge in [-0.25, -0.2) is 4.98 Å². The van der Waals surface area contributed by atoms with E-state index in [4.69, 9.17) is 0 Å². The molecule has 2 heterocycles. The van der Waals surface area contributed by atoms with E-state index < -0.39 is 4.92 Å². The van der Waals surface area contributed by atoms with Crippen molar-refractivity contribution in [1.82, 2.24) is 15.2 Å². The molecule has 0 unspecified atom stereocenters. The molecule has 5 rings (SSSR count). The first kappa shape index (κ1) is 20.4. The summed E-state index contributed by atoms with van der Waals surface area (Å²) in [4.78, 5) is 28.0. The normalized spacial score (nSPS) is 13.9. The van der Waals surface area contributed by atoms with Crippen molar-refractivity contribution in [2.24, 2.45) is 0 Å². The first-order valence-electron chi connectivity index (χ1n) is 9.99. The number of nitrogens with one attached hydrogen (secondary N) is 1. The Morgan fingerprint density at radius 1 is 1.12 bits per heavy atom. The van der Waals surface area contributed by atoms with E-state index in [1.165, 1.54) is 34.8 Å². The minimum Gasteiger partial charge on any atom is -0.300 e. The smallest absolute Gasteiger partial charge is 0.269 e.